The second-order valence-corrected chi connectivity index (χ2v) is 4.85. The van der Waals surface area contributed by atoms with E-state index in [2.05, 4.69) is 0 Å². The maximum atomic E-state index is 11.6. The van der Waals surface area contributed by atoms with Crippen LogP contribution < -0.4 is 0 Å². The molecule has 0 aliphatic rings. The number of rotatable bonds is 10. The maximum absolute atomic E-state index is 11.6. The zero-order chi connectivity index (χ0) is 14.0. The quantitative estimate of drug-likeness (QED) is 0.476. The molecule has 0 bridgehead atoms. The summed E-state index contributed by atoms with van der Waals surface area (Å²) in [4.78, 5) is 11.6. The lowest BCUT2D eigenvalue weighted by Gasteiger charge is -2.20. The molecule has 5 nitrogen and oxygen atoms in total. The van der Waals surface area contributed by atoms with Crippen LogP contribution in [0.2, 0.25) is 0 Å². The Kier molecular flexibility index (Phi) is 8.97. The lowest BCUT2D eigenvalue weighted by molar-refractivity contribution is -0.156. The molecule has 0 heterocycles. The third-order valence-electron chi connectivity index (χ3n) is 2.74. The van der Waals surface area contributed by atoms with Crippen molar-refractivity contribution in [2.24, 2.45) is 5.41 Å². The Morgan fingerprint density at radius 3 is 2.50 bits per heavy atom. The van der Waals surface area contributed by atoms with E-state index in [1.54, 1.807) is 0 Å². The van der Waals surface area contributed by atoms with E-state index in [9.17, 15) is 4.79 Å². The van der Waals surface area contributed by atoms with Crippen LogP contribution in [0.4, 0.5) is 0 Å². The van der Waals surface area contributed by atoms with Gasteiger partial charge in [-0.05, 0) is 27.2 Å². The van der Waals surface area contributed by atoms with Crippen LogP contribution in [0.3, 0.4) is 0 Å². The topological polar surface area (TPSA) is 65.0 Å². The number of ether oxygens (including phenoxy) is 3. The Bertz CT molecular complexity index is 227. The van der Waals surface area contributed by atoms with E-state index in [0.717, 1.165) is 6.42 Å². The van der Waals surface area contributed by atoms with Crippen molar-refractivity contribution in [3.63, 3.8) is 0 Å². The minimum absolute atomic E-state index is 0.0104. The molecular formula is C13H26O5. The van der Waals surface area contributed by atoms with Crippen LogP contribution in [0.5, 0.6) is 0 Å². The van der Waals surface area contributed by atoms with Gasteiger partial charge in [0, 0.05) is 0 Å². The van der Waals surface area contributed by atoms with E-state index in [4.69, 9.17) is 19.3 Å². The molecule has 5 heteroatoms. The summed E-state index contributed by atoms with van der Waals surface area (Å²) in [6.07, 6.45) is 0.674. The highest BCUT2D eigenvalue weighted by Crippen LogP contribution is 2.21. The molecule has 1 N–H and O–H groups in total. The number of hydrogen-bond donors (Lipinski definition) is 1. The fourth-order valence-corrected chi connectivity index (χ4v) is 1.09. The minimum Gasteiger partial charge on any atom is -0.463 e. The second-order valence-electron chi connectivity index (χ2n) is 4.85. The molecule has 0 rings (SSSR count). The number of hydrogen-bond acceptors (Lipinski definition) is 5. The van der Waals surface area contributed by atoms with Gasteiger partial charge in [-0.3, -0.25) is 4.79 Å². The molecule has 0 aromatic carbocycles. The molecule has 0 spiro atoms. The van der Waals surface area contributed by atoms with Gasteiger partial charge >= 0.3 is 5.97 Å². The summed E-state index contributed by atoms with van der Waals surface area (Å²) in [5.74, 6) is -0.196. The van der Waals surface area contributed by atoms with Gasteiger partial charge in [0.25, 0.3) is 0 Å². The Morgan fingerprint density at radius 2 is 1.94 bits per heavy atom. The molecular weight excluding hydrogens is 236 g/mol. The van der Waals surface area contributed by atoms with Gasteiger partial charge in [-0.2, -0.15) is 0 Å². The van der Waals surface area contributed by atoms with Crippen molar-refractivity contribution in [3.05, 3.63) is 0 Å². The summed E-state index contributed by atoms with van der Waals surface area (Å²) >= 11 is 0. The van der Waals surface area contributed by atoms with Crippen LogP contribution in [-0.2, 0) is 19.0 Å². The highest BCUT2D eigenvalue weighted by Gasteiger charge is 2.26. The number of carbonyl (C=O) groups is 1. The zero-order valence-electron chi connectivity index (χ0n) is 11.9. The van der Waals surface area contributed by atoms with Crippen molar-refractivity contribution in [2.45, 2.75) is 40.2 Å². The molecule has 0 aromatic rings. The van der Waals surface area contributed by atoms with Crippen LogP contribution in [0.25, 0.3) is 0 Å². The Labute approximate surface area is 109 Å². The Hall–Kier alpha value is -0.650. The van der Waals surface area contributed by atoms with Crippen molar-refractivity contribution in [1.82, 2.24) is 0 Å². The van der Waals surface area contributed by atoms with E-state index in [1.807, 2.05) is 27.7 Å². The zero-order valence-corrected chi connectivity index (χ0v) is 11.9. The number of aliphatic hydroxyl groups excluding tert-OH is 1. The van der Waals surface area contributed by atoms with Crippen molar-refractivity contribution in [3.8, 4) is 0 Å². The molecule has 0 aliphatic carbocycles. The van der Waals surface area contributed by atoms with Crippen LogP contribution in [0.1, 0.15) is 34.1 Å². The third kappa shape index (κ3) is 7.63. The maximum Gasteiger partial charge on any atom is 0.311 e. The highest BCUT2D eigenvalue weighted by atomic mass is 16.6. The predicted octanol–water partition coefficient (Wildman–Crippen LogP) is 1.38. The molecule has 1 atom stereocenters. The molecule has 0 aliphatic heterocycles. The summed E-state index contributed by atoms with van der Waals surface area (Å²) in [5, 5.41) is 8.53. The largest absolute Gasteiger partial charge is 0.463 e. The normalized spacial score (nSPS) is 13.4. The molecule has 1 unspecified atom stereocenters. The average molecular weight is 262 g/mol. The van der Waals surface area contributed by atoms with Gasteiger partial charge in [0.05, 0.1) is 37.9 Å². The molecule has 0 radical (unpaired) electrons. The molecule has 0 aromatic heterocycles. The fraction of sp³-hybridized carbons (Fsp3) is 0.923. The van der Waals surface area contributed by atoms with E-state index < -0.39 is 5.41 Å². The van der Waals surface area contributed by atoms with Crippen molar-refractivity contribution >= 4 is 5.97 Å². The first-order valence-electron chi connectivity index (χ1n) is 6.41. The molecule has 0 amide bonds. The minimum atomic E-state index is -0.435. The monoisotopic (exact) mass is 262 g/mol. The lowest BCUT2D eigenvalue weighted by atomic mass is 9.91. The third-order valence-corrected chi connectivity index (χ3v) is 2.74. The van der Waals surface area contributed by atoms with Crippen molar-refractivity contribution in [2.75, 3.05) is 33.0 Å². The summed E-state index contributed by atoms with van der Waals surface area (Å²) in [6, 6.07) is 0. The van der Waals surface area contributed by atoms with E-state index >= 15 is 0 Å². The van der Waals surface area contributed by atoms with Crippen molar-refractivity contribution < 1.29 is 24.1 Å². The van der Waals surface area contributed by atoms with Gasteiger partial charge in [0.2, 0.25) is 0 Å². The van der Waals surface area contributed by atoms with Gasteiger partial charge in [-0.25, -0.2) is 0 Å². The van der Waals surface area contributed by atoms with Crippen molar-refractivity contribution in [1.29, 1.82) is 0 Å². The molecule has 0 saturated carbocycles. The van der Waals surface area contributed by atoms with Gasteiger partial charge in [0.15, 0.2) is 0 Å². The predicted molar refractivity (Wildman–Crippen MR) is 68.3 cm³/mol. The second kappa shape index (κ2) is 9.30. The van der Waals surface area contributed by atoms with Gasteiger partial charge < -0.3 is 19.3 Å². The first-order chi connectivity index (χ1) is 8.44. The van der Waals surface area contributed by atoms with E-state index in [-0.39, 0.29) is 25.3 Å². The SMILES string of the molecule is CCC(C)(C)C(=O)OCCOC(C)COCCO. The summed E-state index contributed by atoms with van der Waals surface area (Å²) < 4.78 is 15.6. The molecule has 0 saturated heterocycles. The van der Waals surface area contributed by atoms with Crippen LogP contribution in [-0.4, -0.2) is 50.2 Å². The summed E-state index contributed by atoms with van der Waals surface area (Å²) in [7, 11) is 0. The summed E-state index contributed by atoms with van der Waals surface area (Å²) in [6.45, 7) is 8.91. The first-order valence-corrected chi connectivity index (χ1v) is 6.41. The Morgan fingerprint density at radius 1 is 1.28 bits per heavy atom. The average Bonchev–Trinajstić information content (AvgIpc) is 2.34. The van der Waals surface area contributed by atoms with Crippen LogP contribution in [0.15, 0.2) is 0 Å². The van der Waals surface area contributed by atoms with E-state index in [1.165, 1.54) is 0 Å². The Balaban J connectivity index is 3.58. The number of aliphatic hydroxyl groups is 1. The van der Waals surface area contributed by atoms with E-state index in [0.29, 0.717) is 19.8 Å². The molecule has 108 valence electrons. The first kappa shape index (κ1) is 17.4. The number of carbonyl (C=O) groups excluding carboxylic acids is 1. The van der Waals surface area contributed by atoms with Gasteiger partial charge in [0.1, 0.15) is 6.61 Å². The standard InChI is InChI=1S/C13H26O5/c1-5-13(3,4)12(15)18-9-8-17-11(2)10-16-7-6-14/h11,14H,5-10H2,1-4H3. The lowest BCUT2D eigenvalue weighted by Crippen LogP contribution is -2.28. The summed E-state index contributed by atoms with van der Waals surface area (Å²) in [5.41, 5.74) is -0.435. The van der Waals surface area contributed by atoms with Crippen LogP contribution >= 0.6 is 0 Å². The van der Waals surface area contributed by atoms with Crippen LogP contribution in [0, 0.1) is 5.41 Å². The highest BCUT2D eigenvalue weighted by molar-refractivity contribution is 5.75. The molecule has 0 fully saturated rings. The molecule has 18 heavy (non-hydrogen) atoms. The van der Waals surface area contributed by atoms with Gasteiger partial charge in [-0.1, -0.05) is 6.92 Å². The smallest absolute Gasteiger partial charge is 0.311 e. The number of esters is 1. The van der Waals surface area contributed by atoms with Gasteiger partial charge in [-0.15, -0.1) is 0 Å². The fourth-order valence-electron chi connectivity index (χ4n) is 1.09.